The Bertz CT molecular complexity index is 638. The van der Waals surface area contributed by atoms with E-state index in [0.717, 1.165) is 35.0 Å². The molecular weight excluding hydrogens is 258 g/mol. The summed E-state index contributed by atoms with van der Waals surface area (Å²) in [5, 5.41) is 5.34. The molecule has 0 aromatic carbocycles. The van der Waals surface area contributed by atoms with Crippen LogP contribution in [0, 0.1) is 0 Å². The van der Waals surface area contributed by atoms with Crippen molar-refractivity contribution in [1.82, 2.24) is 14.7 Å². The Morgan fingerprint density at radius 1 is 1.47 bits per heavy atom. The van der Waals surface area contributed by atoms with E-state index in [1.165, 1.54) is 0 Å². The summed E-state index contributed by atoms with van der Waals surface area (Å²) in [5.74, 6) is 2.01. The second kappa shape index (κ2) is 5.19. The predicted octanol–water partition coefficient (Wildman–Crippen LogP) is 3.05. The number of imidazole rings is 1. The Morgan fingerprint density at radius 3 is 3.05 bits per heavy atom. The van der Waals surface area contributed by atoms with Gasteiger partial charge in [-0.2, -0.15) is 0 Å². The number of furan rings is 1. The molecule has 5 heteroatoms. The maximum absolute atomic E-state index is 5.82. The molecule has 3 heterocycles. The zero-order valence-electron chi connectivity index (χ0n) is 11.1. The van der Waals surface area contributed by atoms with Crippen molar-refractivity contribution in [3.05, 3.63) is 47.1 Å². The van der Waals surface area contributed by atoms with E-state index in [1.54, 1.807) is 11.3 Å². The number of likely N-dealkylation sites (N-methyl/N-ethyl adjacent to an activating group) is 1. The first-order valence-corrected chi connectivity index (χ1v) is 7.35. The molecule has 0 saturated heterocycles. The molecule has 1 unspecified atom stereocenters. The number of nitrogens with one attached hydrogen (secondary N) is 1. The number of hydrogen-bond donors (Lipinski definition) is 1. The van der Waals surface area contributed by atoms with E-state index in [1.807, 2.05) is 24.7 Å². The summed E-state index contributed by atoms with van der Waals surface area (Å²) >= 11 is 1.65. The van der Waals surface area contributed by atoms with Gasteiger partial charge in [0.15, 0.2) is 4.96 Å². The third kappa shape index (κ3) is 2.43. The van der Waals surface area contributed by atoms with Crippen LogP contribution in [0.1, 0.15) is 30.2 Å². The molecule has 3 aromatic heterocycles. The molecule has 3 aromatic rings. The van der Waals surface area contributed by atoms with Crippen LogP contribution in [0.5, 0.6) is 0 Å². The Morgan fingerprint density at radius 2 is 2.37 bits per heavy atom. The topological polar surface area (TPSA) is 42.5 Å². The van der Waals surface area contributed by atoms with Crippen molar-refractivity contribution in [3.63, 3.8) is 0 Å². The number of aromatic nitrogens is 2. The second-order valence-electron chi connectivity index (χ2n) is 4.53. The van der Waals surface area contributed by atoms with Gasteiger partial charge in [0.05, 0.1) is 11.7 Å². The highest BCUT2D eigenvalue weighted by Gasteiger charge is 2.16. The fourth-order valence-corrected chi connectivity index (χ4v) is 2.92. The molecule has 0 aliphatic rings. The van der Waals surface area contributed by atoms with E-state index < -0.39 is 0 Å². The van der Waals surface area contributed by atoms with E-state index in [2.05, 4.69) is 33.9 Å². The van der Waals surface area contributed by atoms with Gasteiger partial charge in [-0.05, 0) is 19.2 Å². The maximum Gasteiger partial charge on any atom is 0.193 e. The normalized spacial score (nSPS) is 13.2. The monoisotopic (exact) mass is 275 g/mol. The average Bonchev–Trinajstić information content (AvgIpc) is 3.10. The molecule has 0 spiro atoms. The summed E-state index contributed by atoms with van der Waals surface area (Å²) in [6.45, 7) is 2.10. The van der Waals surface area contributed by atoms with Gasteiger partial charge in [-0.15, -0.1) is 11.3 Å². The maximum atomic E-state index is 5.82. The smallest absolute Gasteiger partial charge is 0.193 e. The van der Waals surface area contributed by atoms with Crippen molar-refractivity contribution in [2.75, 3.05) is 7.05 Å². The van der Waals surface area contributed by atoms with Crippen molar-refractivity contribution < 1.29 is 4.42 Å². The molecule has 0 saturated carbocycles. The van der Waals surface area contributed by atoms with Gasteiger partial charge >= 0.3 is 0 Å². The van der Waals surface area contributed by atoms with Crippen molar-refractivity contribution in [2.24, 2.45) is 0 Å². The van der Waals surface area contributed by atoms with Crippen molar-refractivity contribution in [2.45, 2.75) is 25.8 Å². The molecule has 1 atom stereocenters. The lowest BCUT2D eigenvalue weighted by Crippen LogP contribution is -2.18. The first-order chi connectivity index (χ1) is 9.30. The van der Waals surface area contributed by atoms with Gasteiger partial charge in [-0.3, -0.25) is 4.40 Å². The number of hydrogen-bond acceptors (Lipinski definition) is 4. The van der Waals surface area contributed by atoms with Gasteiger partial charge in [-0.25, -0.2) is 4.98 Å². The van der Waals surface area contributed by atoms with E-state index in [0.29, 0.717) is 0 Å². The highest BCUT2D eigenvalue weighted by atomic mass is 32.1. The van der Waals surface area contributed by atoms with Gasteiger partial charge in [-0.1, -0.05) is 6.92 Å². The van der Waals surface area contributed by atoms with Crippen LogP contribution >= 0.6 is 11.3 Å². The number of aryl methyl sites for hydroxylation is 1. The standard InChI is InChI=1S/C14H17N3OS/c1-3-11-4-5-13(18-11)12(15-2)8-10-9-17-6-7-19-14(17)16-10/h4-7,9,12,15H,3,8H2,1-2H3. The average molecular weight is 275 g/mol. The molecule has 19 heavy (non-hydrogen) atoms. The molecule has 0 amide bonds. The predicted molar refractivity (Wildman–Crippen MR) is 76.7 cm³/mol. The van der Waals surface area contributed by atoms with E-state index in [-0.39, 0.29) is 6.04 Å². The lowest BCUT2D eigenvalue weighted by Gasteiger charge is -2.11. The minimum Gasteiger partial charge on any atom is -0.464 e. The third-order valence-corrected chi connectivity index (χ3v) is 4.05. The summed E-state index contributed by atoms with van der Waals surface area (Å²) in [4.78, 5) is 5.65. The summed E-state index contributed by atoms with van der Waals surface area (Å²) in [6, 6.07) is 4.27. The lowest BCUT2D eigenvalue weighted by molar-refractivity contribution is 0.405. The van der Waals surface area contributed by atoms with Crippen LogP contribution in [-0.4, -0.2) is 16.4 Å². The zero-order chi connectivity index (χ0) is 13.2. The SMILES string of the molecule is CCc1ccc(C(Cc2cn3ccsc3n2)NC)o1. The Hall–Kier alpha value is -1.59. The first kappa shape index (κ1) is 12.4. The van der Waals surface area contributed by atoms with Crippen LogP contribution in [0.3, 0.4) is 0 Å². The van der Waals surface area contributed by atoms with E-state index in [4.69, 9.17) is 4.42 Å². The molecule has 0 aliphatic heterocycles. The Labute approximate surface area is 116 Å². The number of fused-ring (bicyclic) bond motifs is 1. The highest BCUT2D eigenvalue weighted by Crippen LogP contribution is 2.21. The largest absolute Gasteiger partial charge is 0.464 e. The summed E-state index contributed by atoms with van der Waals surface area (Å²) in [7, 11) is 1.96. The van der Waals surface area contributed by atoms with Crippen LogP contribution in [-0.2, 0) is 12.8 Å². The highest BCUT2D eigenvalue weighted by molar-refractivity contribution is 7.15. The molecule has 0 aliphatic carbocycles. The molecule has 0 fully saturated rings. The molecule has 4 nitrogen and oxygen atoms in total. The van der Waals surface area contributed by atoms with Crippen molar-refractivity contribution in [3.8, 4) is 0 Å². The van der Waals surface area contributed by atoms with Crippen molar-refractivity contribution in [1.29, 1.82) is 0 Å². The quantitative estimate of drug-likeness (QED) is 0.778. The third-order valence-electron chi connectivity index (χ3n) is 3.28. The fourth-order valence-electron chi connectivity index (χ4n) is 2.20. The lowest BCUT2D eigenvalue weighted by atomic mass is 10.1. The van der Waals surface area contributed by atoms with Gasteiger partial charge in [0.2, 0.25) is 0 Å². The number of thiazole rings is 1. The van der Waals surface area contributed by atoms with Crippen LogP contribution in [0.4, 0.5) is 0 Å². The van der Waals surface area contributed by atoms with Crippen molar-refractivity contribution >= 4 is 16.3 Å². The summed E-state index contributed by atoms with van der Waals surface area (Å²) < 4.78 is 7.88. The van der Waals surface area contributed by atoms with Crippen LogP contribution in [0.15, 0.2) is 34.3 Å². The molecule has 3 rings (SSSR count). The number of rotatable bonds is 5. The minimum atomic E-state index is 0.171. The van der Waals surface area contributed by atoms with Gasteiger partial charge in [0.1, 0.15) is 11.5 Å². The van der Waals surface area contributed by atoms with Gasteiger partial charge in [0.25, 0.3) is 0 Å². The molecule has 0 radical (unpaired) electrons. The van der Waals surface area contributed by atoms with Crippen LogP contribution in [0.2, 0.25) is 0 Å². The first-order valence-electron chi connectivity index (χ1n) is 6.47. The zero-order valence-corrected chi connectivity index (χ0v) is 11.9. The van der Waals surface area contributed by atoms with Gasteiger partial charge in [0, 0.05) is 30.6 Å². The minimum absolute atomic E-state index is 0.171. The van der Waals surface area contributed by atoms with E-state index >= 15 is 0 Å². The number of nitrogens with zero attached hydrogens (tertiary/aromatic N) is 2. The van der Waals surface area contributed by atoms with Crippen LogP contribution < -0.4 is 5.32 Å². The molecule has 100 valence electrons. The van der Waals surface area contributed by atoms with Crippen LogP contribution in [0.25, 0.3) is 4.96 Å². The molecule has 0 bridgehead atoms. The van der Waals surface area contributed by atoms with Gasteiger partial charge < -0.3 is 9.73 Å². The summed E-state index contributed by atoms with van der Waals surface area (Å²) in [6.07, 6.45) is 5.88. The second-order valence-corrected chi connectivity index (χ2v) is 5.40. The molecular formula is C14H17N3OS. The Balaban J connectivity index is 1.80. The summed E-state index contributed by atoms with van der Waals surface area (Å²) in [5.41, 5.74) is 1.08. The molecule has 1 N–H and O–H groups in total. The van der Waals surface area contributed by atoms with E-state index in [9.17, 15) is 0 Å². The Kier molecular flexibility index (Phi) is 3.40. The fraction of sp³-hybridized carbons (Fsp3) is 0.357.